The van der Waals surface area contributed by atoms with Gasteiger partial charge in [-0.15, -0.1) is 0 Å². The molecule has 9 aromatic carbocycles. The highest BCUT2D eigenvalue weighted by atomic mass is 15.0. The van der Waals surface area contributed by atoms with Crippen LogP contribution in [-0.4, -0.2) is 24.5 Å². The Morgan fingerprint density at radius 3 is 1.51 bits per heavy atom. The highest BCUT2D eigenvalue weighted by Crippen LogP contribution is 2.43. The van der Waals surface area contributed by atoms with E-state index in [0.717, 1.165) is 83.2 Å². The first kappa shape index (κ1) is 36.3. The van der Waals surface area contributed by atoms with E-state index in [4.69, 9.17) is 19.9 Å². The largest absolute Gasteiger partial charge is 0.309 e. The number of hydrogen-bond acceptors (Lipinski definition) is 4. The first-order valence-electron chi connectivity index (χ1n) is 21.2. The molecule has 0 spiro atoms. The third kappa shape index (κ3) is 6.42. The Labute approximate surface area is 364 Å². The van der Waals surface area contributed by atoms with E-state index in [0.29, 0.717) is 17.5 Å². The number of fused-ring (bicyclic) bond motifs is 6. The Hall–Kier alpha value is -8.54. The summed E-state index contributed by atoms with van der Waals surface area (Å²) in [6.45, 7) is 0. The SMILES string of the molecule is c1ccc(-c2cccc(-c3nc(-c4ccccc4)nc(-c4cccc(-c5cccc6c5c5cc7c(cc5n6-c5ccccc5)c(-c5ccccc5)nc5ccccc57)c4)n3)c2)cc1. The molecule has 0 aliphatic carbocycles. The molecular weight excluding hydrogens is 767 g/mol. The van der Waals surface area contributed by atoms with Gasteiger partial charge in [0, 0.05) is 49.5 Å². The third-order valence-corrected chi connectivity index (χ3v) is 12.0. The maximum absolute atomic E-state index is 5.28. The van der Waals surface area contributed by atoms with Crippen molar-refractivity contribution >= 4 is 43.5 Å². The van der Waals surface area contributed by atoms with Crippen molar-refractivity contribution < 1.29 is 0 Å². The lowest BCUT2D eigenvalue weighted by Gasteiger charge is -2.12. The molecule has 0 saturated heterocycles. The molecule has 0 saturated carbocycles. The number of nitrogens with zero attached hydrogens (tertiary/aromatic N) is 5. The molecule has 5 heteroatoms. The summed E-state index contributed by atoms with van der Waals surface area (Å²) in [7, 11) is 0. The lowest BCUT2D eigenvalue weighted by molar-refractivity contribution is 1.07. The summed E-state index contributed by atoms with van der Waals surface area (Å²) in [5.41, 5.74) is 13.6. The lowest BCUT2D eigenvalue weighted by Crippen LogP contribution is -2.00. The zero-order valence-corrected chi connectivity index (χ0v) is 34.1. The summed E-state index contributed by atoms with van der Waals surface area (Å²) in [6, 6.07) is 78.7. The average Bonchev–Trinajstić information content (AvgIpc) is 3.70. The summed E-state index contributed by atoms with van der Waals surface area (Å²) >= 11 is 0. The van der Waals surface area contributed by atoms with E-state index >= 15 is 0 Å². The summed E-state index contributed by atoms with van der Waals surface area (Å²) in [6.07, 6.45) is 0. The van der Waals surface area contributed by atoms with Gasteiger partial charge < -0.3 is 4.57 Å². The molecule has 0 N–H and O–H groups in total. The fraction of sp³-hybridized carbons (Fsp3) is 0. The Kier molecular flexibility index (Phi) is 8.75. The maximum atomic E-state index is 5.28. The minimum Gasteiger partial charge on any atom is -0.309 e. The maximum Gasteiger partial charge on any atom is 0.164 e. The van der Waals surface area contributed by atoms with Crippen molar-refractivity contribution in [2.75, 3.05) is 0 Å². The van der Waals surface area contributed by atoms with Crippen LogP contribution in [0.3, 0.4) is 0 Å². The molecule has 0 bridgehead atoms. The number of aromatic nitrogens is 5. The predicted octanol–water partition coefficient (Wildman–Crippen LogP) is 14.7. The summed E-state index contributed by atoms with van der Waals surface area (Å²) in [5, 5.41) is 5.76. The minimum absolute atomic E-state index is 0.614. The quantitative estimate of drug-likeness (QED) is 0.151. The Morgan fingerprint density at radius 1 is 0.286 bits per heavy atom. The van der Waals surface area contributed by atoms with Crippen LogP contribution in [-0.2, 0) is 0 Å². The van der Waals surface area contributed by atoms with Gasteiger partial charge in [0.1, 0.15) is 0 Å². The van der Waals surface area contributed by atoms with Crippen LogP contribution in [0, 0.1) is 0 Å². The van der Waals surface area contributed by atoms with E-state index < -0.39 is 0 Å². The number of benzene rings is 9. The number of hydrogen-bond donors (Lipinski definition) is 0. The molecule has 294 valence electrons. The second kappa shape index (κ2) is 15.2. The summed E-state index contributed by atoms with van der Waals surface area (Å²) < 4.78 is 2.40. The normalized spacial score (nSPS) is 11.5. The van der Waals surface area contributed by atoms with Crippen LogP contribution < -0.4 is 0 Å². The van der Waals surface area contributed by atoms with Gasteiger partial charge in [0.15, 0.2) is 17.5 Å². The first-order valence-corrected chi connectivity index (χ1v) is 21.2. The standard InChI is InChI=1S/C58H37N5/c1-5-18-38(19-6-1)41-24-15-26-43(34-41)57-60-56(40-22-9-3-10-23-40)61-58(62-57)44-27-16-25-42(35-44)46-31-17-33-52-54(46)50-36-48-47-30-13-14-32-51(47)59-55(39-20-7-2-8-21-39)49(48)37-53(50)63(52)45-28-11-4-12-29-45/h1-37H. The van der Waals surface area contributed by atoms with Crippen LogP contribution in [0.25, 0.3) is 117 Å². The van der Waals surface area contributed by atoms with Crippen molar-refractivity contribution in [3.8, 4) is 73.4 Å². The lowest BCUT2D eigenvalue weighted by atomic mass is 9.95. The molecule has 0 aliphatic rings. The van der Waals surface area contributed by atoms with Crippen molar-refractivity contribution in [3.05, 3.63) is 224 Å². The Morgan fingerprint density at radius 2 is 0.810 bits per heavy atom. The van der Waals surface area contributed by atoms with Crippen molar-refractivity contribution in [1.29, 1.82) is 0 Å². The molecule has 0 fully saturated rings. The Balaban J connectivity index is 1.08. The molecule has 5 nitrogen and oxygen atoms in total. The summed E-state index contributed by atoms with van der Waals surface area (Å²) in [5.74, 6) is 1.87. The fourth-order valence-corrected chi connectivity index (χ4v) is 9.07. The van der Waals surface area contributed by atoms with E-state index in [-0.39, 0.29) is 0 Å². The number of para-hydroxylation sites is 2. The highest BCUT2D eigenvalue weighted by Gasteiger charge is 2.21. The van der Waals surface area contributed by atoms with Gasteiger partial charge in [0.05, 0.1) is 22.2 Å². The van der Waals surface area contributed by atoms with Crippen LogP contribution in [0.4, 0.5) is 0 Å². The van der Waals surface area contributed by atoms with E-state index in [2.05, 4.69) is 205 Å². The van der Waals surface area contributed by atoms with Gasteiger partial charge in [0.25, 0.3) is 0 Å². The molecule has 63 heavy (non-hydrogen) atoms. The molecule has 3 heterocycles. The molecule has 0 unspecified atom stereocenters. The van der Waals surface area contributed by atoms with E-state index in [9.17, 15) is 0 Å². The van der Waals surface area contributed by atoms with Gasteiger partial charge in [-0.05, 0) is 76.2 Å². The minimum atomic E-state index is 0.614. The van der Waals surface area contributed by atoms with Crippen molar-refractivity contribution in [2.45, 2.75) is 0 Å². The van der Waals surface area contributed by atoms with E-state index in [1.807, 2.05) is 24.3 Å². The van der Waals surface area contributed by atoms with Crippen LogP contribution in [0.15, 0.2) is 224 Å². The molecule has 12 aromatic rings. The molecule has 3 aromatic heterocycles. The van der Waals surface area contributed by atoms with Gasteiger partial charge in [-0.2, -0.15) is 0 Å². The van der Waals surface area contributed by atoms with Crippen LogP contribution in [0.2, 0.25) is 0 Å². The molecule has 0 radical (unpaired) electrons. The van der Waals surface area contributed by atoms with E-state index in [1.165, 1.54) is 16.2 Å². The van der Waals surface area contributed by atoms with Crippen LogP contribution in [0.1, 0.15) is 0 Å². The average molecular weight is 804 g/mol. The van der Waals surface area contributed by atoms with Gasteiger partial charge in [-0.25, -0.2) is 19.9 Å². The van der Waals surface area contributed by atoms with E-state index in [1.54, 1.807) is 0 Å². The van der Waals surface area contributed by atoms with Gasteiger partial charge in [-0.1, -0.05) is 176 Å². The summed E-state index contributed by atoms with van der Waals surface area (Å²) in [4.78, 5) is 20.7. The highest BCUT2D eigenvalue weighted by molar-refractivity contribution is 6.23. The Bertz CT molecular complexity index is 3660. The second-order valence-electron chi connectivity index (χ2n) is 15.8. The molecular formula is C58H37N5. The second-order valence-corrected chi connectivity index (χ2v) is 15.8. The van der Waals surface area contributed by atoms with Crippen molar-refractivity contribution in [3.63, 3.8) is 0 Å². The predicted molar refractivity (Wildman–Crippen MR) is 260 cm³/mol. The van der Waals surface area contributed by atoms with Crippen molar-refractivity contribution in [1.82, 2.24) is 24.5 Å². The first-order chi connectivity index (χ1) is 31.2. The molecule has 0 amide bonds. The third-order valence-electron chi connectivity index (χ3n) is 12.0. The molecule has 0 aliphatic heterocycles. The van der Waals surface area contributed by atoms with Crippen LogP contribution >= 0.6 is 0 Å². The monoisotopic (exact) mass is 803 g/mol. The van der Waals surface area contributed by atoms with Crippen molar-refractivity contribution in [2.24, 2.45) is 0 Å². The van der Waals surface area contributed by atoms with Gasteiger partial charge >= 0.3 is 0 Å². The molecule has 0 atom stereocenters. The van der Waals surface area contributed by atoms with Gasteiger partial charge in [-0.3, -0.25) is 0 Å². The number of rotatable bonds is 7. The smallest absolute Gasteiger partial charge is 0.164 e. The zero-order valence-electron chi connectivity index (χ0n) is 34.1. The fourth-order valence-electron chi connectivity index (χ4n) is 9.07. The van der Waals surface area contributed by atoms with Crippen LogP contribution in [0.5, 0.6) is 0 Å². The topological polar surface area (TPSA) is 56.5 Å². The zero-order chi connectivity index (χ0) is 41.7. The number of pyridine rings is 1. The van der Waals surface area contributed by atoms with Gasteiger partial charge in [0.2, 0.25) is 0 Å². The molecule has 12 rings (SSSR count).